The van der Waals surface area contributed by atoms with E-state index in [0.717, 1.165) is 17.7 Å². The van der Waals surface area contributed by atoms with E-state index in [0.29, 0.717) is 4.32 Å². The van der Waals surface area contributed by atoms with Crippen molar-refractivity contribution in [3.05, 3.63) is 6.42 Å². The van der Waals surface area contributed by atoms with Crippen molar-refractivity contribution in [1.82, 2.24) is 0 Å². The molecule has 12 heavy (non-hydrogen) atoms. The highest BCUT2D eigenvalue weighted by atomic mass is 79.9. The summed E-state index contributed by atoms with van der Waals surface area (Å²) in [5.74, 6) is 0.789. The topological polar surface area (TPSA) is 0 Å². The molecule has 0 heterocycles. The van der Waals surface area contributed by atoms with Gasteiger partial charge >= 0.3 is 0 Å². The lowest BCUT2D eigenvalue weighted by Gasteiger charge is -2.21. The van der Waals surface area contributed by atoms with Crippen LogP contribution < -0.4 is 0 Å². The minimum Gasteiger partial charge on any atom is -0.0928 e. The molecule has 0 saturated heterocycles. The fraction of sp³-hybridized carbons (Fsp3) is 0.900. The molecular formula is C10H19Br2. The number of halogens is 2. The van der Waals surface area contributed by atoms with E-state index >= 15 is 0 Å². The number of hydrogen-bond acceptors (Lipinski definition) is 0. The molecular weight excluding hydrogens is 280 g/mol. The van der Waals surface area contributed by atoms with Crippen LogP contribution in [0.4, 0.5) is 0 Å². The van der Waals surface area contributed by atoms with Crippen molar-refractivity contribution < 1.29 is 0 Å². The third-order valence-corrected chi connectivity index (χ3v) is 2.94. The molecule has 0 spiro atoms. The second-order valence-corrected chi connectivity index (χ2v) is 6.68. The molecule has 0 fully saturated rings. The van der Waals surface area contributed by atoms with E-state index < -0.39 is 0 Å². The quantitative estimate of drug-likeness (QED) is 0.630. The first-order valence-corrected chi connectivity index (χ1v) is 6.46. The van der Waals surface area contributed by atoms with E-state index in [9.17, 15) is 0 Å². The van der Waals surface area contributed by atoms with Crippen molar-refractivity contribution in [3.8, 4) is 0 Å². The third-order valence-electron chi connectivity index (χ3n) is 1.82. The van der Waals surface area contributed by atoms with Gasteiger partial charge in [0.25, 0.3) is 0 Å². The molecule has 0 nitrogen and oxygen atoms in total. The molecule has 0 bridgehead atoms. The Morgan fingerprint density at radius 3 is 2.42 bits per heavy atom. The van der Waals surface area contributed by atoms with Gasteiger partial charge in [-0.05, 0) is 38.5 Å². The Morgan fingerprint density at radius 2 is 2.00 bits per heavy atom. The SMILES string of the molecule is CC(C)C[CH]CC(C)(Br)CCBr. The van der Waals surface area contributed by atoms with Crippen molar-refractivity contribution in [2.45, 2.75) is 44.4 Å². The zero-order chi connectivity index (χ0) is 9.61. The van der Waals surface area contributed by atoms with Gasteiger partial charge in [-0.15, -0.1) is 0 Å². The summed E-state index contributed by atoms with van der Waals surface area (Å²) in [4.78, 5) is 0. The molecule has 0 aromatic rings. The molecule has 0 amide bonds. The summed E-state index contributed by atoms with van der Waals surface area (Å²) < 4.78 is 0.297. The van der Waals surface area contributed by atoms with Crippen LogP contribution in [0.3, 0.4) is 0 Å². The normalized spacial score (nSPS) is 16.5. The lowest BCUT2D eigenvalue weighted by atomic mass is 9.98. The summed E-state index contributed by atoms with van der Waals surface area (Å²) in [6, 6.07) is 0. The first-order chi connectivity index (χ1) is 5.48. The highest BCUT2D eigenvalue weighted by Crippen LogP contribution is 2.29. The van der Waals surface area contributed by atoms with Crippen molar-refractivity contribution in [1.29, 1.82) is 0 Å². The van der Waals surface area contributed by atoms with Crippen LogP contribution in [0.15, 0.2) is 0 Å². The molecule has 0 aliphatic rings. The highest BCUT2D eigenvalue weighted by molar-refractivity contribution is 9.10. The molecule has 0 N–H and O–H groups in total. The first kappa shape index (κ1) is 13.0. The molecule has 1 unspecified atom stereocenters. The van der Waals surface area contributed by atoms with Gasteiger partial charge in [0, 0.05) is 9.65 Å². The molecule has 1 radical (unpaired) electrons. The van der Waals surface area contributed by atoms with Gasteiger partial charge in [-0.1, -0.05) is 45.7 Å². The predicted molar refractivity (Wildman–Crippen MR) is 64.1 cm³/mol. The zero-order valence-electron chi connectivity index (χ0n) is 8.24. The Morgan fingerprint density at radius 1 is 1.42 bits per heavy atom. The molecule has 0 rings (SSSR count). The summed E-state index contributed by atoms with van der Waals surface area (Å²) in [5.41, 5.74) is 0. The largest absolute Gasteiger partial charge is 0.0928 e. The van der Waals surface area contributed by atoms with Gasteiger partial charge in [0.2, 0.25) is 0 Å². The summed E-state index contributed by atoms with van der Waals surface area (Å²) in [5, 5.41) is 1.07. The van der Waals surface area contributed by atoms with Gasteiger partial charge in [-0.2, -0.15) is 0 Å². The number of hydrogen-bond donors (Lipinski definition) is 0. The van der Waals surface area contributed by atoms with Crippen LogP contribution in [0.1, 0.15) is 40.0 Å². The number of alkyl halides is 2. The zero-order valence-corrected chi connectivity index (χ0v) is 11.4. The van der Waals surface area contributed by atoms with Crippen LogP contribution >= 0.6 is 31.9 Å². The van der Waals surface area contributed by atoms with Crippen LogP contribution in [-0.2, 0) is 0 Å². The van der Waals surface area contributed by atoms with Crippen molar-refractivity contribution in [2.75, 3.05) is 5.33 Å². The average molecular weight is 299 g/mol. The average Bonchev–Trinajstić information content (AvgIpc) is 1.85. The molecule has 73 valence electrons. The van der Waals surface area contributed by atoms with Crippen LogP contribution in [0.25, 0.3) is 0 Å². The second kappa shape index (κ2) is 6.42. The standard InChI is InChI=1S/C10H19Br2/c1-9(2)5-4-6-10(3,12)7-8-11/h4,9H,5-8H2,1-3H3. The summed E-state index contributed by atoms with van der Waals surface area (Å²) in [7, 11) is 0. The third kappa shape index (κ3) is 7.60. The van der Waals surface area contributed by atoms with Gasteiger partial charge < -0.3 is 0 Å². The Hall–Kier alpha value is 0.960. The maximum Gasteiger partial charge on any atom is 0.0240 e. The molecule has 0 saturated carbocycles. The van der Waals surface area contributed by atoms with E-state index in [2.05, 4.69) is 59.1 Å². The fourth-order valence-electron chi connectivity index (χ4n) is 1.02. The van der Waals surface area contributed by atoms with Crippen LogP contribution in [0.2, 0.25) is 0 Å². The fourth-order valence-corrected chi connectivity index (χ4v) is 2.85. The Labute approximate surface area is 93.8 Å². The molecule has 2 heteroatoms. The summed E-state index contributed by atoms with van der Waals surface area (Å²) in [6.45, 7) is 6.77. The maximum absolute atomic E-state index is 3.73. The molecule has 0 aliphatic heterocycles. The summed E-state index contributed by atoms with van der Waals surface area (Å²) in [6.07, 6.45) is 5.96. The highest BCUT2D eigenvalue weighted by Gasteiger charge is 2.18. The second-order valence-electron chi connectivity index (χ2n) is 3.97. The first-order valence-electron chi connectivity index (χ1n) is 4.54. The van der Waals surface area contributed by atoms with Crippen LogP contribution in [-0.4, -0.2) is 9.65 Å². The van der Waals surface area contributed by atoms with E-state index in [4.69, 9.17) is 0 Å². The molecule has 1 atom stereocenters. The Kier molecular flexibility index (Phi) is 6.93. The van der Waals surface area contributed by atoms with Crippen LogP contribution in [0.5, 0.6) is 0 Å². The monoisotopic (exact) mass is 297 g/mol. The molecule has 0 aromatic carbocycles. The summed E-state index contributed by atoms with van der Waals surface area (Å²) >= 11 is 7.19. The van der Waals surface area contributed by atoms with Crippen molar-refractivity contribution in [3.63, 3.8) is 0 Å². The van der Waals surface area contributed by atoms with Gasteiger partial charge in [-0.3, -0.25) is 0 Å². The predicted octanol–water partition coefficient (Wildman–Crippen LogP) is 4.57. The van der Waals surface area contributed by atoms with Crippen molar-refractivity contribution >= 4 is 31.9 Å². The van der Waals surface area contributed by atoms with Crippen molar-refractivity contribution in [2.24, 2.45) is 5.92 Å². The van der Waals surface area contributed by atoms with E-state index in [1.807, 2.05) is 0 Å². The van der Waals surface area contributed by atoms with Gasteiger partial charge in [0.15, 0.2) is 0 Å². The minimum absolute atomic E-state index is 0.297. The van der Waals surface area contributed by atoms with Gasteiger partial charge in [-0.25, -0.2) is 0 Å². The lowest BCUT2D eigenvalue weighted by Crippen LogP contribution is -2.16. The van der Waals surface area contributed by atoms with E-state index in [1.165, 1.54) is 12.8 Å². The molecule has 0 aliphatic carbocycles. The number of rotatable bonds is 6. The Balaban J connectivity index is 3.46. The minimum atomic E-state index is 0.297. The van der Waals surface area contributed by atoms with E-state index in [1.54, 1.807) is 0 Å². The maximum atomic E-state index is 3.73. The van der Waals surface area contributed by atoms with Crippen LogP contribution in [0, 0.1) is 12.3 Å². The molecule has 0 aromatic heterocycles. The van der Waals surface area contributed by atoms with Gasteiger partial charge in [0.05, 0.1) is 0 Å². The van der Waals surface area contributed by atoms with Gasteiger partial charge in [0.1, 0.15) is 0 Å². The Bertz CT molecular complexity index is 108. The lowest BCUT2D eigenvalue weighted by molar-refractivity contribution is 0.566. The van der Waals surface area contributed by atoms with E-state index in [-0.39, 0.29) is 0 Å². The smallest absolute Gasteiger partial charge is 0.0240 e.